The predicted molar refractivity (Wildman–Crippen MR) is 70.0 cm³/mol. The van der Waals surface area contributed by atoms with E-state index in [1.165, 1.54) is 18.2 Å². The lowest BCUT2D eigenvalue weighted by molar-refractivity contribution is -0.204. The largest absolute Gasteiger partial charge is 0.492 e. The van der Waals surface area contributed by atoms with Gasteiger partial charge in [-0.2, -0.15) is 13.2 Å². The maximum atomic E-state index is 12.8. The minimum atomic E-state index is -4.70. The lowest BCUT2D eigenvalue weighted by Gasteiger charge is -2.14. The first-order valence-electron chi connectivity index (χ1n) is 6.44. The summed E-state index contributed by atoms with van der Waals surface area (Å²) in [5.74, 6) is -0.151. The summed E-state index contributed by atoms with van der Waals surface area (Å²) < 4.78 is 54.0. The second-order valence-corrected chi connectivity index (χ2v) is 4.33. The molecule has 3 N–H and O–H groups in total. The normalized spacial score (nSPS) is 12.6. The average Bonchev–Trinajstić information content (AvgIpc) is 2.42. The number of hydrogen-bond acceptors (Lipinski definition) is 3. The lowest BCUT2D eigenvalue weighted by atomic mass is 10.2. The van der Waals surface area contributed by atoms with Crippen molar-refractivity contribution in [3.05, 3.63) is 30.1 Å². The molecule has 0 aliphatic carbocycles. The zero-order chi connectivity index (χ0) is 16.6. The second kappa shape index (κ2) is 8.42. The van der Waals surface area contributed by atoms with Gasteiger partial charge in [-0.1, -0.05) is 6.07 Å². The van der Waals surface area contributed by atoms with Gasteiger partial charge >= 0.3 is 12.2 Å². The molecule has 0 bridgehead atoms. The molecule has 0 aliphatic heterocycles. The van der Waals surface area contributed by atoms with E-state index in [1.807, 2.05) is 0 Å². The highest BCUT2D eigenvalue weighted by Gasteiger charge is 2.37. The number of benzene rings is 1. The number of amides is 2. The Hall–Kier alpha value is -2.03. The maximum Gasteiger partial charge on any atom is 0.414 e. The third-order valence-corrected chi connectivity index (χ3v) is 2.53. The Morgan fingerprint density at radius 1 is 1.27 bits per heavy atom. The number of alkyl halides is 3. The maximum absolute atomic E-state index is 12.8. The van der Waals surface area contributed by atoms with E-state index in [-0.39, 0.29) is 19.7 Å². The molecule has 1 aromatic rings. The van der Waals surface area contributed by atoms with Gasteiger partial charge in [0.05, 0.1) is 6.54 Å². The van der Waals surface area contributed by atoms with Gasteiger partial charge in [-0.05, 0) is 18.6 Å². The van der Waals surface area contributed by atoms with Crippen molar-refractivity contribution >= 4 is 6.03 Å². The van der Waals surface area contributed by atoms with Crippen LogP contribution in [0.3, 0.4) is 0 Å². The minimum absolute atomic E-state index is 0.0715. The number of halogens is 4. The number of rotatable bonds is 7. The first-order chi connectivity index (χ1) is 10.3. The van der Waals surface area contributed by atoms with Crippen LogP contribution in [0.15, 0.2) is 24.3 Å². The fourth-order valence-corrected chi connectivity index (χ4v) is 1.44. The molecule has 9 heteroatoms. The van der Waals surface area contributed by atoms with E-state index < -0.39 is 30.5 Å². The fraction of sp³-hybridized carbons (Fsp3) is 0.462. The quantitative estimate of drug-likeness (QED) is 0.529. The van der Waals surface area contributed by atoms with Crippen molar-refractivity contribution < 1.29 is 32.2 Å². The Bertz CT molecular complexity index is 483. The molecule has 1 aromatic carbocycles. The molecule has 124 valence electrons. The lowest BCUT2D eigenvalue weighted by Crippen LogP contribution is -2.40. The van der Waals surface area contributed by atoms with Crippen LogP contribution >= 0.6 is 0 Å². The molecule has 2 amide bonds. The van der Waals surface area contributed by atoms with Gasteiger partial charge in [0, 0.05) is 12.6 Å². The Morgan fingerprint density at radius 3 is 2.59 bits per heavy atom. The average molecular weight is 324 g/mol. The summed E-state index contributed by atoms with van der Waals surface area (Å²) in [6.07, 6.45) is -7.79. The van der Waals surface area contributed by atoms with E-state index in [9.17, 15) is 22.4 Å². The third-order valence-electron chi connectivity index (χ3n) is 2.53. The number of ether oxygens (including phenoxy) is 1. The number of carbonyl (C=O) groups is 1. The monoisotopic (exact) mass is 324 g/mol. The molecular formula is C13H16F4N2O3. The number of urea groups is 1. The molecular weight excluding hydrogens is 308 g/mol. The molecule has 0 aliphatic rings. The third kappa shape index (κ3) is 7.11. The van der Waals surface area contributed by atoms with Crippen molar-refractivity contribution in [2.45, 2.75) is 18.7 Å². The second-order valence-electron chi connectivity index (χ2n) is 4.33. The van der Waals surface area contributed by atoms with Gasteiger partial charge in [0.1, 0.15) is 18.2 Å². The van der Waals surface area contributed by atoms with Crippen molar-refractivity contribution in [1.82, 2.24) is 10.6 Å². The van der Waals surface area contributed by atoms with E-state index in [2.05, 4.69) is 10.6 Å². The van der Waals surface area contributed by atoms with Crippen molar-refractivity contribution in [3.63, 3.8) is 0 Å². The Balaban J connectivity index is 2.11. The number of aliphatic hydroxyl groups is 1. The van der Waals surface area contributed by atoms with Gasteiger partial charge in [-0.25, -0.2) is 9.18 Å². The zero-order valence-corrected chi connectivity index (χ0v) is 11.5. The summed E-state index contributed by atoms with van der Waals surface area (Å²) in [7, 11) is 0. The molecule has 5 nitrogen and oxygen atoms in total. The van der Waals surface area contributed by atoms with E-state index in [1.54, 1.807) is 6.07 Å². The molecule has 0 radical (unpaired) electrons. The number of aliphatic hydroxyl groups excluding tert-OH is 1. The molecule has 1 rings (SSSR count). The highest BCUT2D eigenvalue weighted by atomic mass is 19.4. The molecule has 0 saturated heterocycles. The molecule has 0 saturated carbocycles. The van der Waals surface area contributed by atoms with Crippen LogP contribution in [-0.2, 0) is 0 Å². The van der Waals surface area contributed by atoms with Crippen molar-refractivity contribution in [2.75, 3.05) is 19.7 Å². The van der Waals surface area contributed by atoms with E-state index in [4.69, 9.17) is 9.84 Å². The summed E-state index contributed by atoms with van der Waals surface area (Å²) in [4.78, 5) is 11.2. The van der Waals surface area contributed by atoms with E-state index >= 15 is 0 Å². The Morgan fingerprint density at radius 2 is 1.95 bits per heavy atom. The minimum Gasteiger partial charge on any atom is -0.492 e. The van der Waals surface area contributed by atoms with E-state index in [0.717, 1.165) is 0 Å². The molecule has 0 heterocycles. The molecule has 0 spiro atoms. The first-order valence-corrected chi connectivity index (χ1v) is 6.44. The SMILES string of the molecule is O=C(NCCOc1cccc(F)c1)NCC[C@@H](O)C(F)(F)F. The van der Waals surface area contributed by atoms with Gasteiger partial charge < -0.3 is 20.5 Å². The molecule has 0 unspecified atom stereocenters. The Kier molecular flexibility index (Phi) is 6.90. The predicted octanol–water partition coefficient (Wildman–Crippen LogP) is 1.82. The highest BCUT2D eigenvalue weighted by molar-refractivity contribution is 5.73. The summed E-state index contributed by atoms with van der Waals surface area (Å²) >= 11 is 0. The van der Waals surface area contributed by atoms with Crippen LogP contribution < -0.4 is 15.4 Å². The molecule has 1 atom stereocenters. The number of nitrogens with one attached hydrogen (secondary N) is 2. The van der Waals surface area contributed by atoms with Crippen LogP contribution in [0.1, 0.15) is 6.42 Å². The molecule has 0 aromatic heterocycles. The van der Waals surface area contributed by atoms with Crippen LogP contribution in [0.5, 0.6) is 5.75 Å². The van der Waals surface area contributed by atoms with Crippen LogP contribution in [0.25, 0.3) is 0 Å². The van der Waals surface area contributed by atoms with Crippen molar-refractivity contribution in [3.8, 4) is 5.75 Å². The number of carbonyl (C=O) groups excluding carboxylic acids is 1. The van der Waals surface area contributed by atoms with Gasteiger partial charge in [0.2, 0.25) is 0 Å². The molecule has 22 heavy (non-hydrogen) atoms. The van der Waals surface area contributed by atoms with Crippen LogP contribution in [0.2, 0.25) is 0 Å². The smallest absolute Gasteiger partial charge is 0.414 e. The van der Waals surface area contributed by atoms with Crippen LogP contribution in [0.4, 0.5) is 22.4 Å². The topological polar surface area (TPSA) is 70.6 Å². The summed E-state index contributed by atoms with van der Waals surface area (Å²) in [5.41, 5.74) is 0. The molecule has 0 fully saturated rings. The van der Waals surface area contributed by atoms with Gasteiger partial charge in [-0.3, -0.25) is 0 Å². The van der Waals surface area contributed by atoms with Crippen molar-refractivity contribution in [1.29, 1.82) is 0 Å². The van der Waals surface area contributed by atoms with Gasteiger partial charge in [-0.15, -0.1) is 0 Å². The zero-order valence-electron chi connectivity index (χ0n) is 11.5. The Labute approximate surface area is 124 Å². The summed E-state index contributed by atoms with van der Waals surface area (Å²) in [6.45, 7) is -0.163. The standard InChI is InChI=1S/C13H16F4N2O3/c14-9-2-1-3-10(8-9)22-7-6-19-12(21)18-5-4-11(20)13(15,16)17/h1-3,8,11,20H,4-7H2,(H2,18,19,21)/t11-/m1/s1. The van der Waals surface area contributed by atoms with E-state index in [0.29, 0.717) is 5.75 Å². The van der Waals surface area contributed by atoms with Crippen LogP contribution in [-0.4, -0.2) is 43.1 Å². The fourth-order valence-electron chi connectivity index (χ4n) is 1.44. The van der Waals surface area contributed by atoms with Crippen LogP contribution in [0, 0.1) is 5.82 Å². The highest BCUT2D eigenvalue weighted by Crippen LogP contribution is 2.21. The summed E-state index contributed by atoms with van der Waals surface area (Å²) in [5, 5.41) is 13.2. The van der Waals surface area contributed by atoms with Crippen molar-refractivity contribution in [2.24, 2.45) is 0 Å². The van der Waals surface area contributed by atoms with Gasteiger partial charge in [0.25, 0.3) is 0 Å². The summed E-state index contributed by atoms with van der Waals surface area (Å²) in [6, 6.07) is 4.77. The van der Waals surface area contributed by atoms with Gasteiger partial charge in [0.15, 0.2) is 6.10 Å². The number of hydrogen-bond donors (Lipinski definition) is 3. The first kappa shape index (κ1) is 18.0.